The summed E-state index contributed by atoms with van der Waals surface area (Å²) >= 11 is 0. The number of hydrogen-bond acceptors (Lipinski definition) is 3. The van der Waals surface area contributed by atoms with E-state index in [-0.39, 0.29) is 5.82 Å². The number of carboxylic acid groups (broad SMARTS) is 1. The van der Waals surface area contributed by atoms with Crippen molar-refractivity contribution in [2.75, 3.05) is 0 Å². The molecule has 0 amide bonds. The lowest BCUT2D eigenvalue weighted by molar-refractivity contribution is -0.192. The number of imidazole rings is 1. The third kappa shape index (κ3) is 5.06. The van der Waals surface area contributed by atoms with Crippen LogP contribution < -0.4 is 0 Å². The predicted molar refractivity (Wildman–Crippen MR) is 117 cm³/mol. The van der Waals surface area contributed by atoms with Gasteiger partial charge in [0.15, 0.2) is 0 Å². The third-order valence-electron chi connectivity index (χ3n) is 5.00. The number of H-pyrrole nitrogens is 1. The molecule has 0 unspecified atom stereocenters. The summed E-state index contributed by atoms with van der Waals surface area (Å²) in [5.74, 6) is -4.45. The SMILES string of the molecule is Fc1cc(F)cc(-c2cnc3ccc(-c4cn[nH]c4-c4ccccc4F)cn23)c1.O=C(O)C(F)(F)F. The van der Waals surface area contributed by atoms with Gasteiger partial charge in [-0.3, -0.25) is 9.50 Å². The lowest BCUT2D eigenvalue weighted by Crippen LogP contribution is -2.21. The van der Waals surface area contributed by atoms with E-state index in [0.29, 0.717) is 33.7 Å². The second kappa shape index (κ2) is 9.56. The molecule has 12 heteroatoms. The number of aromatic amines is 1. The molecule has 3 aromatic heterocycles. The van der Waals surface area contributed by atoms with Crippen LogP contribution in [0.3, 0.4) is 0 Å². The largest absolute Gasteiger partial charge is 0.490 e. The van der Waals surface area contributed by atoms with E-state index < -0.39 is 23.8 Å². The zero-order valence-corrected chi connectivity index (χ0v) is 17.9. The van der Waals surface area contributed by atoms with Gasteiger partial charge >= 0.3 is 12.1 Å². The van der Waals surface area contributed by atoms with Crippen molar-refractivity contribution in [1.82, 2.24) is 19.6 Å². The number of alkyl halides is 3. The Hall–Kier alpha value is -4.61. The second-order valence-corrected chi connectivity index (χ2v) is 7.39. The Morgan fingerprint density at radius 1 is 0.889 bits per heavy atom. The van der Waals surface area contributed by atoms with Gasteiger partial charge in [0.05, 0.1) is 23.8 Å². The molecule has 3 heterocycles. The molecule has 36 heavy (non-hydrogen) atoms. The minimum Gasteiger partial charge on any atom is -0.475 e. The monoisotopic (exact) mass is 504 g/mol. The van der Waals surface area contributed by atoms with E-state index >= 15 is 0 Å². The summed E-state index contributed by atoms with van der Waals surface area (Å²) in [6.07, 6.45) is -0.127. The van der Waals surface area contributed by atoms with E-state index in [1.807, 2.05) is 6.07 Å². The molecule has 0 aliphatic carbocycles. The fraction of sp³-hybridized carbons (Fsp3) is 0.0417. The molecule has 0 saturated heterocycles. The predicted octanol–water partition coefficient (Wildman–Crippen LogP) is 6.11. The average Bonchev–Trinajstić information content (AvgIpc) is 3.45. The Kier molecular flexibility index (Phi) is 6.51. The average molecular weight is 504 g/mol. The van der Waals surface area contributed by atoms with E-state index in [1.165, 1.54) is 18.2 Å². The Bertz CT molecular complexity index is 1540. The van der Waals surface area contributed by atoms with Crippen LogP contribution >= 0.6 is 0 Å². The third-order valence-corrected chi connectivity index (χ3v) is 5.00. The van der Waals surface area contributed by atoms with Crippen molar-refractivity contribution in [3.63, 3.8) is 0 Å². The van der Waals surface area contributed by atoms with E-state index in [0.717, 1.165) is 11.6 Å². The summed E-state index contributed by atoms with van der Waals surface area (Å²) in [5, 5.41) is 14.0. The van der Waals surface area contributed by atoms with Crippen LogP contribution in [-0.2, 0) is 4.79 Å². The molecule has 5 rings (SSSR count). The molecule has 0 saturated carbocycles. The summed E-state index contributed by atoms with van der Waals surface area (Å²) in [4.78, 5) is 13.2. The molecule has 6 nitrogen and oxygen atoms in total. The first-order chi connectivity index (χ1) is 17.0. The number of rotatable bonds is 3. The number of aromatic nitrogens is 4. The maximum Gasteiger partial charge on any atom is 0.490 e. The fourth-order valence-electron chi connectivity index (χ4n) is 3.43. The molecule has 184 valence electrons. The van der Waals surface area contributed by atoms with Gasteiger partial charge in [0.1, 0.15) is 23.1 Å². The van der Waals surface area contributed by atoms with Crippen molar-refractivity contribution in [2.24, 2.45) is 0 Å². The smallest absolute Gasteiger partial charge is 0.475 e. The van der Waals surface area contributed by atoms with Crippen molar-refractivity contribution < 1.29 is 36.2 Å². The molecule has 0 spiro atoms. The molecular weight excluding hydrogens is 490 g/mol. The number of carbonyl (C=O) groups is 1. The number of halogens is 6. The normalized spacial score (nSPS) is 11.3. The second-order valence-electron chi connectivity index (χ2n) is 7.39. The van der Waals surface area contributed by atoms with Crippen molar-refractivity contribution >= 4 is 11.6 Å². The molecule has 0 radical (unpaired) electrons. The van der Waals surface area contributed by atoms with Crippen molar-refractivity contribution in [2.45, 2.75) is 6.18 Å². The van der Waals surface area contributed by atoms with Gasteiger partial charge in [-0.2, -0.15) is 18.3 Å². The lowest BCUT2D eigenvalue weighted by atomic mass is 10.0. The molecule has 2 N–H and O–H groups in total. The minimum absolute atomic E-state index is 0.363. The van der Waals surface area contributed by atoms with Crippen LogP contribution in [0.2, 0.25) is 0 Å². The van der Waals surface area contributed by atoms with Gasteiger partial charge in [-0.1, -0.05) is 12.1 Å². The Morgan fingerprint density at radius 3 is 2.19 bits per heavy atom. The highest BCUT2D eigenvalue weighted by atomic mass is 19.4. The van der Waals surface area contributed by atoms with Crippen LogP contribution in [0.15, 0.2) is 73.2 Å². The summed E-state index contributed by atoms with van der Waals surface area (Å²) in [5.41, 5.74) is 3.91. The zero-order valence-electron chi connectivity index (χ0n) is 17.9. The standard InChI is InChI=1S/C22H13F3N4.C2HF3O2/c23-15-7-14(8-16(24)9-15)20-11-26-21-6-5-13(12-29(20)21)18-10-27-28-22(18)17-3-1-2-4-19(17)25;3-2(4,5)1(6)7/h1-12H,(H,27,28);(H,6,7). The van der Waals surface area contributed by atoms with E-state index in [9.17, 15) is 26.3 Å². The van der Waals surface area contributed by atoms with Crippen molar-refractivity contribution in [3.8, 4) is 33.6 Å². The molecule has 0 atom stereocenters. The van der Waals surface area contributed by atoms with Crippen LogP contribution in [0, 0.1) is 17.5 Å². The first-order valence-electron chi connectivity index (χ1n) is 10.1. The van der Waals surface area contributed by atoms with Crippen LogP contribution in [-0.4, -0.2) is 36.8 Å². The van der Waals surface area contributed by atoms with E-state index in [2.05, 4.69) is 15.2 Å². The zero-order chi connectivity index (χ0) is 26.0. The van der Waals surface area contributed by atoms with Gasteiger partial charge in [0.25, 0.3) is 0 Å². The number of nitrogens with one attached hydrogen (secondary N) is 1. The van der Waals surface area contributed by atoms with E-state index in [1.54, 1.807) is 47.3 Å². The quantitative estimate of drug-likeness (QED) is 0.291. The molecule has 0 aliphatic rings. The van der Waals surface area contributed by atoms with Crippen LogP contribution in [0.4, 0.5) is 26.3 Å². The molecule has 5 aromatic rings. The first-order valence-corrected chi connectivity index (χ1v) is 10.1. The first kappa shape index (κ1) is 24.5. The minimum atomic E-state index is -5.08. The van der Waals surface area contributed by atoms with Gasteiger partial charge in [-0.05, 0) is 36.4 Å². The summed E-state index contributed by atoms with van der Waals surface area (Å²) in [6.45, 7) is 0. The molecule has 0 aliphatic heterocycles. The Labute approximate surface area is 198 Å². The van der Waals surface area contributed by atoms with Gasteiger partial charge in [-0.25, -0.2) is 22.9 Å². The van der Waals surface area contributed by atoms with Crippen molar-refractivity contribution in [3.05, 3.63) is 90.6 Å². The molecule has 0 bridgehead atoms. The van der Waals surface area contributed by atoms with Gasteiger partial charge in [-0.15, -0.1) is 0 Å². The summed E-state index contributed by atoms with van der Waals surface area (Å²) in [7, 11) is 0. The maximum atomic E-state index is 14.3. The van der Waals surface area contributed by atoms with Crippen molar-refractivity contribution in [1.29, 1.82) is 0 Å². The highest BCUT2D eigenvalue weighted by Gasteiger charge is 2.38. The Morgan fingerprint density at radius 2 is 1.56 bits per heavy atom. The number of carboxylic acids is 1. The summed E-state index contributed by atoms with van der Waals surface area (Å²) < 4.78 is 75.1. The number of benzene rings is 2. The van der Waals surface area contributed by atoms with Crippen LogP contribution in [0.5, 0.6) is 0 Å². The van der Waals surface area contributed by atoms with Crippen LogP contribution in [0.1, 0.15) is 0 Å². The molecule has 2 aromatic carbocycles. The number of pyridine rings is 1. The highest BCUT2D eigenvalue weighted by Crippen LogP contribution is 2.33. The lowest BCUT2D eigenvalue weighted by Gasteiger charge is -2.08. The Balaban J connectivity index is 0.000000384. The molecular formula is C24H14F6N4O2. The van der Waals surface area contributed by atoms with Gasteiger partial charge in [0.2, 0.25) is 0 Å². The number of aliphatic carboxylic acids is 1. The van der Waals surface area contributed by atoms with Gasteiger partial charge < -0.3 is 5.11 Å². The summed E-state index contributed by atoms with van der Waals surface area (Å²) in [6, 6.07) is 13.4. The number of fused-ring (bicyclic) bond motifs is 1. The van der Waals surface area contributed by atoms with Crippen LogP contribution in [0.25, 0.3) is 39.3 Å². The number of nitrogens with zero attached hydrogens (tertiary/aromatic N) is 3. The highest BCUT2D eigenvalue weighted by molar-refractivity contribution is 5.81. The fourth-order valence-corrected chi connectivity index (χ4v) is 3.43. The maximum absolute atomic E-state index is 14.3. The van der Waals surface area contributed by atoms with E-state index in [4.69, 9.17) is 9.90 Å². The van der Waals surface area contributed by atoms with Gasteiger partial charge in [0, 0.05) is 34.5 Å². The number of hydrogen-bond donors (Lipinski definition) is 2. The topological polar surface area (TPSA) is 83.3 Å². The molecule has 0 fully saturated rings.